The highest BCUT2D eigenvalue weighted by Crippen LogP contribution is 2.37. The van der Waals surface area contributed by atoms with Crippen LogP contribution < -0.4 is 20.1 Å². The third-order valence-electron chi connectivity index (χ3n) is 3.83. The van der Waals surface area contributed by atoms with Gasteiger partial charge in [0, 0.05) is 23.6 Å². The number of hydrogen-bond acceptors (Lipinski definition) is 5. The number of anilines is 2. The summed E-state index contributed by atoms with van der Waals surface area (Å²) in [6.07, 6.45) is 0.618. The van der Waals surface area contributed by atoms with Crippen molar-refractivity contribution in [3.63, 3.8) is 0 Å². The first-order valence-electron chi connectivity index (χ1n) is 8.64. The van der Waals surface area contributed by atoms with Crippen molar-refractivity contribution in [1.82, 2.24) is 0 Å². The van der Waals surface area contributed by atoms with Gasteiger partial charge in [0.1, 0.15) is 11.5 Å². The third kappa shape index (κ3) is 5.81. The lowest BCUT2D eigenvalue weighted by molar-refractivity contribution is -0.116. The van der Waals surface area contributed by atoms with Gasteiger partial charge in [-0.1, -0.05) is 24.6 Å². The minimum Gasteiger partial charge on any atom is -0.495 e. The van der Waals surface area contributed by atoms with Crippen molar-refractivity contribution in [3.8, 4) is 11.5 Å². The molecule has 28 heavy (non-hydrogen) atoms. The highest BCUT2D eigenvalue weighted by molar-refractivity contribution is 8.00. The molecule has 1 atom stereocenters. The molecule has 0 aliphatic heterocycles. The molecule has 0 aliphatic rings. The number of thioether (sulfide) groups is 1. The molecular weight excluding hydrogens is 400 g/mol. The van der Waals surface area contributed by atoms with Crippen LogP contribution in [0, 0.1) is 0 Å². The fourth-order valence-corrected chi connectivity index (χ4v) is 3.76. The van der Waals surface area contributed by atoms with Gasteiger partial charge in [0.2, 0.25) is 11.8 Å². The zero-order valence-corrected chi connectivity index (χ0v) is 17.7. The van der Waals surface area contributed by atoms with E-state index in [2.05, 4.69) is 10.6 Å². The van der Waals surface area contributed by atoms with E-state index in [1.54, 1.807) is 18.2 Å². The number of hydrogen-bond donors (Lipinski definition) is 2. The summed E-state index contributed by atoms with van der Waals surface area (Å²) in [5.41, 5.74) is 1.17. The molecule has 0 saturated carbocycles. The Kier molecular flexibility index (Phi) is 8.02. The number of rotatable bonds is 8. The van der Waals surface area contributed by atoms with Crippen LogP contribution in [-0.4, -0.2) is 31.3 Å². The van der Waals surface area contributed by atoms with Crippen LogP contribution in [0.2, 0.25) is 5.02 Å². The van der Waals surface area contributed by atoms with E-state index in [0.29, 0.717) is 34.3 Å². The molecule has 0 radical (unpaired) electrons. The second-order valence-electron chi connectivity index (χ2n) is 5.90. The van der Waals surface area contributed by atoms with E-state index in [1.807, 2.05) is 25.1 Å². The van der Waals surface area contributed by atoms with Crippen molar-refractivity contribution < 1.29 is 19.1 Å². The first kappa shape index (κ1) is 21.9. The summed E-state index contributed by atoms with van der Waals surface area (Å²) in [7, 11) is 3.02. The molecule has 2 N–H and O–H groups in total. The van der Waals surface area contributed by atoms with Crippen LogP contribution in [-0.2, 0) is 9.59 Å². The van der Waals surface area contributed by atoms with Crippen LogP contribution in [0.4, 0.5) is 11.4 Å². The van der Waals surface area contributed by atoms with Crippen LogP contribution in [0.25, 0.3) is 0 Å². The topological polar surface area (TPSA) is 76.7 Å². The molecule has 0 aliphatic carbocycles. The summed E-state index contributed by atoms with van der Waals surface area (Å²) >= 11 is 7.59. The average molecular weight is 423 g/mol. The highest BCUT2D eigenvalue weighted by Gasteiger charge is 2.20. The lowest BCUT2D eigenvalue weighted by Gasteiger charge is -2.17. The van der Waals surface area contributed by atoms with Crippen molar-refractivity contribution in [2.45, 2.75) is 30.4 Å². The number of amides is 2. The lowest BCUT2D eigenvalue weighted by Crippen LogP contribution is -2.24. The van der Waals surface area contributed by atoms with E-state index in [9.17, 15) is 9.59 Å². The quantitative estimate of drug-likeness (QED) is 0.596. The molecule has 0 fully saturated rings. The number of methoxy groups -OCH3 is 2. The van der Waals surface area contributed by atoms with Gasteiger partial charge in [0.05, 0.1) is 30.2 Å². The van der Waals surface area contributed by atoms with Crippen LogP contribution >= 0.6 is 23.4 Å². The van der Waals surface area contributed by atoms with Crippen molar-refractivity contribution in [2.24, 2.45) is 0 Å². The Labute approximate surface area is 173 Å². The summed E-state index contributed by atoms with van der Waals surface area (Å²) < 4.78 is 10.5. The Morgan fingerprint density at radius 1 is 1.11 bits per heavy atom. The molecule has 8 heteroatoms. The molecule has 0 spiro atoms. The molecule has 2 rings (SSSR count). The van der Waals surface area contributed by atoms with E-state index < -0.39 is 0 Å². The van der Waals surface area contributed by atoms with Crippen LogP contribution in [0.1, 0.15) is 20.3 Å². The molecule has 2 aromatic carbocycles. The minimum atomic E-state index is -0.335. The minimum absolute atomic E-state index is 0.143. The van der Waals surface area contributed by atoms with Crippen molar-refractivity contribution in [2.75, 3.05) is 24.9 Å². The lowest BCUT2D eigenvalue weighted by atomic mass is 10.2. The first-order chi connectivity index (χ1) is 13.4. The van der Waals surface area contributed by atoms with Gasteiger partial charge in [-0.05, 0) is 30.7 Å². The van der Waals surface area contributed by atoms with E-state index in [0.717, 1.165) is 4.90 Å². The Morgan fingerprint density at radius 2 is 1.82 bits per heavy atom. The fraction of sp³-hybridized carbons (Fsp3) is 0.300. The first-order valence-corrected chi connectivity index (χ1v) is 9.90. The van der Waals surface area contributed by atoms with Gasteiger partial charge < -0.3 is 20.1 Å². The van der Waals surface area contributed by atoms with Crippen LogP contribution in [0.3, 0.4) is 0 Å². The van der Waals surface area contributed by atoms with Gasteiger partial charge in [-0.2, -0.15) is 0 Å². The Balaban J connectivity index is 2.16. The van der Waals surface area contributed by atoms with Crippen molar-refractivity contribution in [1.29, 1.82) is 0 Å². The van der Waals surface area contributed by atoms with Gasteiger partial charge in [0.15, 0.2) is 0 Å². The van der Waals surface area contributed by atoms with Gasteiger partial charge in [-0.15, -0.1) is 11.8 Å². The number of benzene rings is 2. The number of carbonyl (C=O) groups excluding carboxylic acids is 2. The van der Waals surface area contributed by atoms with Gasteiger partial charge in [-0.25, -0.2) is 0 Å². The Bertz CT molecular complexity index is 860. The predicted octanol–water partition coefficient (Wildman–Crippen LogP) is 4.83. The summed E-state index contributed by atoms with van der Waals surface area (Å²) in [5, 5.41) is 5.66. The third-order valence-corrected chi connectivity index (χ3v) is 5.48. The zero-order chi connectivity index (χ0) is 20.7. The molecule has 1 unspecified atom stereocenters. The van der Waals surface area contributed by atoms with Gasteiger partial charge in [0.25, 0.3) is 0 Å². The SMILES string of the molecule is CCC(Sc1cccc(NC(C)=O)c1)C(=O)Nc1cc(Cl)c(OC)cc1OC. The van der Waals surface area contributed by atoms with Crippen molar-refractivity contribution >= 4 is 46.6 Å². The molecule has 0 bridgehead atoms. The van der Waals surface area contributed by atoms with E-state index in [4.69, 9.17) is 21.1 Å². The Hall–Kier alpha value is -2.38. The summed E-state index contributed by atoms with van der Waals surface area (Å²) in [4.78, 5) is 24.9. The molecule has 150 valence electrons. The molecule has 0 aromatic heterocycles. The standard InChI is InChI=1S/C20H23ClN2O4S/c1-5-19(28-14-8-6-7-13(9-14)22-12(2)24)20(25)23-16-10-15(21)17(26-3)11-18(16)27-4/h6-11,19H,5H2,1-4H3,(H,22,24)(H,23,25). The van der Waals surface area contributed by atoms with Crippen molar-refractivity contribution in [3.05, 3.63) is 41.4 Å². The number of carbonyl (C=O) groups is 2. The number of nitrogens with one attached hydrogen (secondary N) is 2. The average Bonchev–Trinajstić information content (AvgIpc) is 2.66. The largest absolute Gasteiger partial charge is 0.495 e. The summed E-state index contributed by atoms with van der Waals surface area (Å²) in [6, 6.07) is 10.6. The smallest absolute Gasteiger partial charge is 0.237 e. The summed E-state index contributed by atoms with van der Waals surface area (Å²) in [5.74, 6) is 0.613. The monoisotopic (exact) mass is 422 g/mol. The van der Waals surface area contributed by atoms with Gasteiger partial charge in [-0.3, -0.25) is 9.59 Å². The van der Waals surface area contributed by atoms with E-state index >= 15 is 0 Å². The maximum Gasteiger partial charge on any atom is 0.237 e. The normalized spacial score (nSPS) is 11.5. The zero-order valence-electron chi connectivity index (χ0n) is 16.2. The van der Waals surface area contributed by atoms with Crippen LogP contribution in [0.15, 0.2) is 41.3 Å². The Morgan fingerprint density at radius 3 is 2.43 bits per heavy atom. The fourth-order valence-electron chi connectivity index (χ4n) is 2.51. The molecule has 0 saturated heterocycles. The van der Waals surface area contributed by atoms with E-state index in [1.165, 1.54) is 32.9 Å². The molecule has 2 amide bonds. The maximum absolute atomic E-state index is 12.8. The second-order valence-corrected chi connectivity index (χ2v) is 7.58. The molecule has 6 nitrogen and oxygen atoms in total. The summed E-state index contributed by atoms with van der Waals surface area (Å²) in [6.45, 7) is 3.39. The maximum atomic E-state index is 12.8. The molecular formula is C20H23ClN2O4S. The number of ether oxygens (including phenoxy) is 2. The van der Waals surface area contributed by atoms with Crippen LogP contribution in [0.5, 0.6) is 11.5 Å². The molecule has 0 heterocycles. The van der Waals surface area contributed by atoms with E-state index in [-0.39, 0.29) is 17.1 Å². The predicted molar refractivity (Wildman–Crippen MR) is 114 cm³/mol. The molecule has 2 aromatic rings. The second kappa shape index (κ2) is 10.2. The highest BCUT2D eigenvalue weighted by atomic mass is 35.5. The number of halogens is 1. The van der Waals surface area contributed by atoms with Gasteiger partial charge >= 0.3 is 0 Å².